The Morgan fingerprint density at radius 1 is 0.519 bits per heavy atom. The average molecular weight is 515 g/mol. The van der Waals surface area contributed by atoms with Crippen LogP contribution in [0.25, 0.3) is 10.6 Å². The molecule has 0 N–H and O–H groups in total. The number of hydrogen-bond acceptors (Lipinski definition) is 0. The molecule has 3 rings (SSSR count). The summed E-state index contributed by atoms with van der Waals surface area (Å²) < 4.78 is 0. The molecular formula is C18H10Cl6N2Ti-2. The van der Waals surface area contributed by atoms with Gasteiger partial charge in [0.2, 0.25) is 0 Å². The summed E-state index contributed by atoms with van der Waals surface area (Å²) in [6, 6.07) is 17.8. The van der Waals surface area contributed by atoms with Crippen molar-refractivity contribution in [2.24, 2.45) is 0 Å². The van der Waals surface area contributed by atoms with Gasteiger partial charge < -0.3 is 10.6 Å². The van der Waals surface area contributed by atoms with Crippen LogP contribution in [0.2, 0.25) is 20.1 Å². The summed E-state index contributed by atoms with van der Waals surface area (Å²) in [4.78, 5) is 0. The molecule has 0 fully saturated rings. The van der Waals surface area contributed by atoms with Crippen LogP contribution in [0.4, 0.5) is 22.7 Å². The second-order valence-electron chi connectivity index (χ2n) is 4.92. The van der Waals surface area contributed by atoms with E-state index in [1.807, 2.05) is 24.3 Å². The van der Waals surface area contributed by atoms with E-state index in [0.29, 0.717) is 42.8 Å². The zero-order chi connectivity index (χ0) is 19.8. The summed E-state index contributed by atoms with van der Waals surface area (Å²) in [5.74, 6) is 0. The Hall–Kier alpha value is -0.286. The zero-order valence-corrected chi connectivity index (χ0v) is 19.5. The van der Waals surface area contributed by atoms with Crippen LogP contribution >= 0.6 is 65.0 Å². The SMILES string of the molecule is Clc1cccc(Cl)c1[N-]c1ccccc1[N-]c1c(Cl)cccc1Cl.[Cl][Ti][Cl]. The molecular weight excluding hydrogens is 505 g/mol. The zero-order valence-electron chi connectivity index (χ0n) is 13.4. The standard InChI is InChI=1S/C18H10Cl4N2.2ClH.Ti/c19-11-5-3-6-12(20)17(11)23-15-9-1-2-10-16(15)24-18-13(21)7-4-8-14(18)22;;;/h1-10H;2*1H;/q-2;;;+2/p-2. The quantitative estimate of drug-likeness (QED) is 0.310. The van der Waals surface area contributed by atoms with E-state index in [1.165, 1.54) is 0 Å². The fourth-order valence-electron chi connectivity index (χ4n) is 2.09. The van der Waals surface area contributed by atoms with Gasteiger partial charge in [-0.25, -0.2) is 0 Å². The molecule has 0 heterocycles. The number of benzene rings is 3. The van der Waals surface area contributed by atoms with Crippen LogP contribution in [0.5, 0.6) is 0 Å². The van der Waals surface area contributed by atoms with Crippen molar-refractivity contribution in [2.45, 2.75) is 0 Å². The summed E-state index contributed by atoms with van der Waals surface area (Å²) >= 11 is 24.2. The number of nitrogens with zero attached hydrogens (tertiary/aromatic N) is 2. The Morgan fingerprint density at radius 3 is 1.11 bits per heavy atom. The van der Waals surface area contributed by atoms with Crippen LogP contribution in [0, 0.1) is 0 Å². The Bertz CT molecular complexity index is 794. The topological polar surface area (TPSA) is 28.2 Å². The van der Waals surface area contributed by atoms with Gasteiger partial charge in [0.05, 0.1) is 0 Å². The molecule has 0 amide bonds. The van der Waals surface area contributed by atoms with Crippen molar-refractivity contribution in [2.75, 3.05) is 0 Å². The predicted octanol–water partition coefficient (Wildman–Crippen LogP) is 10.4. The van der Waals surface area contributed by atoms with Crippen LogP contribution < -0.4 is 0 Å². The average Bonchev–Trinajstić information content (AvgIpc) is 2.63. The van der Waals surface area contributed by atoms with Crippen molar-refractivity contribution in [1.29, 1.82) is 0 Å². The van der Waals surface area contributed by atoms with Crippen LogP contribution in [-0.2, 0) is 17.0 Å². The summed E-state index contributed by atoms with van der Waals surface area (Å²) in [6.45, 7) is 0. The summed E-state index contributed by atoms with van der Waals surface area (Å²) in [5.41, 5.74) is 2.22. The van der Waals surface area contributed by atoms with Crippen molar-refractivity contribution in [1.82, 2.24) is 0 Å². The van der Waals surface area contributed by atoms with Gasteiger partial charge in [-0.3, -0.25) is 0 Å². The van der Waals surface area contributed by atoms with E-state index >= 15 is 0 Å². The molecule has 0 spiro atoms. The fraction of sp³-hybridized carbons (Fsp3) is 0. The van der Waals surface area contributed by atoms with Gasteiger partial charge in [0.25, 0.3) is 0 Å². The number of halogens is 6. The first kappa shape index (κ1) is 23.0. The minimum atomic E-state index is -0.556. The molecule has 0 saturated carbocycles. The molecule has 0 unspecified atom stereocenters. The number of hydrogen-bond donors (Lipinski definition) is 0. The van der Waals surface area contributed by atoms with Crippen molar-refractivity contribution in [3.05, 3.63) is 91.4 Å². The Kier molecular flexibility index (Phi) is 9.92. The molecule has 0 atom stereocenters. The Morgan fingerprint density at radius 2 is 0.815 bits per heavy atom. The molecule has 0 aromatic heterocycles. The first-order valence-corrected chi connectivity index (χ1v) is 13.2. The summed E-state index contributed by atoms with van der Waals surface area (Å²) in [5, 5.41) is 11.0. The molecule has 27 heavy (non-hydrogen) atoms. The first-order chi connectivity index (χ1) is 13.0. The van der Waals surface area contributed by atoms with E-state index in [-0.39, 0.29) is 0 Å². The Labute approximate surface area is 194 Å². The van der Waals surface area contributed by atoms with E-state index < -0.39 is 17.0 Å². The van der Waals surface area contributed by atoms with Gasteiger partial charge in [0.1, 0.15) is 0 Å². The molecule has 0 radical (unpaired) electrons. The maximum absolute atomic E-state index is 6.19. The molecule has 0 bridgehead atoms. The van der Waals surface area contributed by atoms with Gasteiger partial charge in [-0.05, 0) is 24.3 Å². The molecule has 0 aliphatic carbocycles. The second kappa shape index (κ2) is 11.7. The van der Waals surface area contributed by atoms with E-state index in [0.717, 1.165) is 0 Å². The van der Waals surface area contributed by atoms with Crippen LogP contribution in [-0.4, -0.2) is 0 Å². The van der Waals surface area contributed by atoms with E-state index in [9.17, 15) is 0 Å². The van der Waals surface area contributed by atoms with Gasteiger partial charge in [-0.2, -0.15) is 11.4 Å². The van der Waals surface area contributed by atoms with E-state index in [2.05, 4.69) is 10.6 Å². The van der Waals surface area contributed by atoms with Gasteiger partial charge in [0.15, 0.2) is 0 Å². The third-order valence-electron chi connectivity index (χ3n) is 3.22. The summed E-state index contributed by atoms with van der Waals surface area (Å²) in [7, 11) is 9.78. The first-order valence-electron chi connectivity index (χ1n) is 7.34. The van der Waals surface area contributed by atoms with Crippen molar-refractivity contribution >= 4 is 87.8 Å². The van der Waals surface area contributed by atoms with E-state index in [1.54, 1.807) is 36.4 Å². The molecule has 140 valence electrons. The molecule has 9 heteroatoms. The molecule has 0 aliphatic heterocycles. The minimum absolute atomic E-state index is 0.466. The maximum atomic E-state index is 6.19. The van der Waals surface area contributed by atoms with Crippen molar-refractivity contribution in [3.63, 3.8) is 0 Å². The number of rotatable bonds is 4. The number of para-hydroxylation sites is 4. The van der Waals surface area contributed by atoms with Crippen LogP contribution in [0.1, 0.15) is 0 Å². The molecule has 0 saturated heterocycles. The monoisotopic (exact) mass is 512 g/mol. The Balaban J connectivity index is 0.000000817. The summed E-state index contributed by atoms with van der Waals surface area (Å²) in [6.07, 6.45) is 0. The van der Waals surface area contributed by atoms with Crippen LogP contribution in [0.3, 0.4) is 0 Å². The molecule has 0 aliphatic rings. The third kappa shape index (κ3) is 6.63. The molecule has 2 nitrogen and oxygen atoms in total. The normalized spacial score (nSPS) is 9.85. The van der Waals surface area contributed by atoms with Gasteiger partial charge in [-0.1, -0.05) is 94.2 Å². The van der Waals surface area contributed by atoms with E-state index in [4.69, 9.17) is 65.0 Å². The second-order valence-corrected chi connectivity index (χ2v) is 9.13. The van der Waals surface area contributed by atoms with Gasteiger partial charge in [-0.15, -0.1) is 0 Å². The van der Waals surface area contributed by atoms with Gasteiger partial charge >= 0.3 is 35.6 Å². The van der Waals surface area contributed by atoms with Crippen LogP contribution in [0.15, 0.2) is 60.7 Å². The molecule has 3 aromatic rings. The predicted molar refractivity (Wildman–Crippen MR) is 116 cm³/mol. The van der Waals surface area contributed by atoms with Crippen molar-refractivity contribution in [3.8, 4) is 0 Å². The van der Waals surface area contributed by atoms with Gasteiger partial charge in [0, 0.05) is 20.1 Å². The molecule has 3 aromatic carbocycles. The fourth-order valence-corrected chi connectivity index (χ4v) is 3.05. The third-order valence-corrected chi connectivity index (χ3v) is 4.44. The van der Waals surface area contributed by atoms with Crippen molar-refractivity contribution < 1.29 is 17.0 Å².